The van der Waals surface area contributed by atoms with Gasteiger partial charge in [0.25, 0.3) is 0 Å². The highest BCUT2D eigenvalue weighted by Gasteiger charge is 2.43. The largest absolute Gasteiger partial charge is 0.461 e. The lowest BCUT2D eigenvalue weighted by molar-refractivity contribution is -0.138. The first-order valence-electron chi connectivity index (χ1n) is 6.68. The summed E-state index contributed by atoms with van der Waals surface area (Å²) in [5, 5.41) is 0. The summed E-state index contributed by atoms with van der Waals surface area (Å²) in [5.41, 5.74) is 5.18. The number of benzene rings is 1. The van der Waals surface area contributed by atoms with Crippen LogP contribution >= 0.6 is 15.9 Å². The van der Waals surface area contributed by atoms with Gasteiger partial charge in [0.2, 0.25) is 0 Å². The summed E-state index contributed by atoms with van der Waals surface area (Å²) in [6, 6.07) is 1.79. The molecule has 118 valence electrons. The van der Waals surface area contributed by atoms with Crippen LogP contribution in [0.1, 0.15) is 23.7 Å². The fourth-order valence-electron chi connectivity index (χ4n) is 2.12. The van der Waals surface area contributed by atoms with Crippen LogP contribution in [0, 0.1) is 23.5 Å². The molecule has 2 unspecified atom stereocenters. The zero-order chi connectivity index (χ0) is 16.4. The molecule has 2 N–H and O–H groups in total. The van der Waals surface area contributed by atoms with Crippen molar-refractivity contribution in [2.75, 3.05) is 6.61 Å². The van der Waals surface area contributed by atoms with Gasteiger partial charge in [0, 0.05) is 5.92 Å². The quantitative estimate of drug-likeness (QED) is 0.372. The maximum Gasteiger partial charge on any atom is 0.353 e. The lowest BCUT2D eigenvalue weighted by Gasteiger charge is -2.04. The Bertz CT molecular complexity index is 660. The number of esters is 1. The van der Waals surface area contributed by atoms with Crippen molar-refractivity contribution in [3.05, 3.63) is 45.6 Å². The van der Waals surface area contributed by atoms with Gasteiger partial charge in [-0.25, -0.2) is 13.6 Å². The minimum Gasteiger partial charge on any atom is -0.461 e. The monoisotopic (exact) mass is 373 g/mol. The van der Waals surface area contributed by atoms with Crippen LogP contribution in [0.25, 0.3) is 0 Å². The van der Waals surface area contributed by atoms with Crippen molar-refractivity contribution in [3.8, 4) is 0 Å². The van der Waals surface area contributed by atoms with Gasteiger partial charge >= 0.3 is 5.97 Å². The highest BCUT2D eigenvalue weighted by Crippen LogP contribution is 2.43. The van der Waals surface area contributed by atoms with Crippen LogP contribution in [-0.4, -0.2) is 18.4 Å². The number of hydrogen-bond acceptors (Lipinski definition) is 4. The van der Waals surface area contributed by atoms with E-state index < -0.39 is 29.3 Å². The number of ketones is 1. The van der Waals surface area contributed by atoms with Crippen molar-refractivity contribution in [1.29, 1.82) is 0 Å². The molecule has 0 bridgehead atoms. The zero-order valence-corrected chi connectivity index (χ0v) is 13.3. The Labute approximate surface area is 134 Å². The van der Waals surface area contributed by atoms with Crippen molar-refractivity contribution in [1.82, 2.24) is 0 Å². The predicted octanol–water partition coefficient (Wildman–Crippen LogP) is 2.95. The Balaban J connectivity index is 2.10. The average Bonchev–Trinajstić information content (AvgIpc) is 3.21. The van der Waals surface area contributed by atoms with E-state index >= 15 is 0 Å². The van der Waals surface area contributed by atoms with Crippen molar-refractivity contribution in [2.24, 2.45) is 17.6 Å². The van der Waals surface area contributed by atoms with Gasteiger partial charge in [0.05, 0.1) is 16.6 Å². The molecule has 7 heteroatoms. The van der Waals surface area contributed by atoms with E-state index in [9.17, 15) is 18.4 Å². The van der Waals surface area contributed by atoms with E-state index in [-0.39, 0.29) is 28.3 Å². The SMILES string of the molecule is CCOC(=O)C(N)=CC1CC1C(=O)c1cc(F)c(Br)cc1F. The van der Waals surface area contributed by atoms with E-state index in [1.807, 2.05) is 0 Å². The molecule has 2 rings (SSSR count). The summed E-state index contributed by atoms with van der Waals surface area (Å²) < 4.78 is 31.9. The highest BCUT2D eigenvalue weighted by molar-refractivity contribution is 9.10. The second kappa shape index (κ2) is 6.56. The van der Waals surface area contributed by atoms with Crippen molar-refractivity contribution >= 4 is 27.7 Å². The van der Waals surface area contributed by atoms with Crippen molar-refractivity contribution in [3.63, 3.8) is 0 Å². The molecule has 1 aromatic rings. The first-order chi connectivity index (χ1) is 10.3. The predicted molar refractivity (Wildman–Crippen MR) is 78.9 cm³/mol. The van der Waals surface area contributed by atoms with Gasteiger partial charge in [-0.2, -0.15) is 0 Å². The third-order valence-corrected chi connectivity index (χ3v) is 3.96. The standard InChI is InChI=1S/C15H14BrF2NO3/c1-2-22-15(21)13(19)4-7-3-8(7)14(20)9-5-12(18)10(16)6-11(9)17/h4-8H,2-3,19H2,1H3. The van der Waals surface area contributed by atoms with Gasteiger partial charge in [-0.05, 0) is 47.3 Å². The Kier molecular flexibility index (Phi) is 4.95. The van der Waals surface area contributed by atoms with Crippen LogP contribution in [-0.2, 0) is 9.53 Å². The van der Waals surface area contributed by atoms with Gasteiger partial charge in [0.1, 0.15) is 17.3 Å². The molecule has 0 aliphatic heterocycles. The number of carbonyl (C=O) groups is 2. The van der Waals surface area contributed by atoms with Gasteiger partial charge in [-0.3, -0.25) is 4.79 Å². The summed E-state index contributed by atoms with van der Waals surface area (Å²) in [6.07, 6.45) is 1.88. The maximum absolute atomic E-state index is 13.8. The Morgan fingerprint density at radius 1 is 1.41 bits per heavy atom. The molecule has 0 heterocycles. The van der Waals surface area contributed by atoms with E-state index in [0.717, 1.165) is 12.1 Å². The lowest BCUT2D eigenvalue weighted by Crippen LogP contribution is -2.15. The molecule has 1 saturated carbocycles. The van der Waals surface area contributed by atoms with Crippen LogP contribution in [0.4, 0.5) is 8.78 Å². The van der Waals surface area contributed by atoms with Gasteiger partial charge < -0.3 is 10.5 Å². The van der Waals surface area contributed by atoms with Gasteiger partial charge in [-0.1, -0.05) is 6.08 Å². The lowest BCUT2D eigenvalue weighted by atomic mass is 10.0. The molecule has 0 spiro atoms. The fraction of sp³-hybridized carbons (Fsp3) is 0.333. The van der Waals surface area contributed by atoms with E-state index in [4.69, 9.17) is 10.5 Å². The molecule has 4 nitrogen and oxygen atoms in total. The van der Waals surface area contributed by atoms with Gasteiger partial charge in [-0.15, -0.1) is 0 Å². The average molecular weight is 374 g/mol. The van der Waals surface area contributed by atoms with E-state index in [0.29, 0.717) is 6.42 Å². The first-order valence-corrected chi connectivity index (χ1v) is 7.47. The molecule has 0 amide bonds. The van der Waals surface area contributed by atoms with E-state index in [2.05, 4.69) is 15.9 Å². The number of ether oxygens (including phenoxy) is 1. The number of carbonyl (C=O) groups excluding carboxylic acids is 2. The molecule has 1 fully saturated rings. The summed E-state index contributed by atoms with van der Waals surface area (Å²) in [4.78, 5) is 23.5. The summed E-state index contributed by atoms with van der Waals surface area (Å²) in [6.45, 7) is 1.85. The molecule has 22 heavy (non-hydrogen) atoms. The minimum atomic E-state index is -0.786. The molecular formula is C15H14BrF2NO3. The number of Topliss-reactive ketones (excluding diaryl/α,β-unsaturated/α-hetero) is 1. The molecule has 0 aromatic heterocycles. The Hall–Kier alpha value is -1.76. The Morgan fingerprint density at radius 3 is 2.73 bits per heavy atom. The van der Waals surface area contributed by atoms with Gasteiger partial charge in [0.15, 0.2) is 5.78 Å². The number of allylic oxidation sites excluding steroid dienone is 1. The molecule has 0 radical (unpaired) electrons. The van der Waals surface area contributed by atoms with E-state index in [1.54, 1.807) is 6.92 Å². The smallest absolute Gasteiger partial charge is 0.353 e. The van der Waals surface area contributed by atoms with Crippen LogP contribution in [0.3, 0.4) is 0 Å². The summed E-state index contributed by atoms with van der Waals surface area (Å²) >= 11 is 2.85. The molecule has 1 aliphatic carbocycles. The van der Waals surface area contributed by atoms with Crippen LogP contribution in [0.5, 0.6) is 0 Å². The zero-order valence-electron chi connectivity index (χ0n) is 11.7. The summed E-state index contributed by atoms with van der Waals surface area (Å²) in [5.74, 6) is -3.40. The molecule has 1 aliphatic rings. The molecular weight excluding hydrogens is 360 g/mol. The Morgan fingerprint density at radius 2 is 2.09 bits per heavy atom. The molecule has 1 aromatic carbocycles. The topological polar surface area (TPSA) is 69.4 Å². The van der Waals surface area contributed by atoms with Crippen LogP contribution in [0.2, 0.25) is 0 Å². The first kappa shape index (κ1) is 16.6. The van der Waals surface area contributed by atoms with Crippen LogP contribution in [0.15, 0.2) is 28.4 Å². The number of rotatable bonds is 5. The molecule has 0 saturated heterocycles. The molecule has 2 atom stereocenters. The number of hydrogen-bond donors (Lipinski definition) is 1. The second-order valence-electron chi connectivity index (χ2n) is 4.96. The normalized spacial score (nSPS) is 20.6. The fourth-order valence-corrected chi connectivity index (χ4v) is 2.44. The van der Waals surface area contributed by atoms with Crippen LogP contribution < -0.4 is 5.73 Å². The maximum atomic E-state index is 13.8. The minimum absolute atomic E-state index is 0.0413. The third kappa shape index (κ3) is 3.52. The number of halogens is 3. The van der Waals surface area contributed by atoms with Crippen molar-refractivity contribution in [2.45, 2.75) is 13.3 Å². The number of nitrogens with two attached hydrogens (primary N) is 1. The van der Waals surface area contributed by atoms with E-state index in [1.165, 1.54) is 6.08 Å². The third-order valence-electron chi connectivity index (χ3n) is 3.36. The second-order valence-corrected chi connectivity index (χ2v) is 5.81. The highest BCUT2D eigenvalue weighted by atomic mass is 79.9. The van der Waals surface area contributed by atoms with Crippen molar-refractivity contribution < 1.29 is 23.1 Å². The summed E-state index contributed by atoms with van der Waals surface area (Å²) in [7, 11) is 0.